The minimum absolute atomic E-state index is 0.212. The number of aliphatic hydroxyl groups is 3. The highest BCUT2D eigenvalue weighted by atomic mass is 16.7. The average Bonchev–Trinajstić information content (AvgIpc) is 2.58. The number of rotatable bonds is 4. The normalized spacial score (nSPS) is 30.5. The van der Waals surface area contributed by atoms with Crippen molar-refractivity contribution in [2.75, 3.05) is 13.7 Å². The maximum atomic E-state index is 12.2. The van der Waals surface area contributed by atoms with Crippen LogP contribution in [0.3, 0.4) is 0 Å². The summed E-state index contributed by atoms with van der Waals surface area (Å²) in [6, 6.07) is 6.10. The molecule has 124 valence electrons. The van der Waals surface area contributed by atoms with Gasteiger partial charge in [0.2, 0.25) is 0 Å². The zero-order valence-electron chi connectivity index (χ0n) is 12.5. The lowest BCUT2D eigenvalue weighted by Gasteiger charge is -2.40. The molecule has 0 saturated carbocycles. The molecule has 2 rings (SSSR count). The van der Waals surface area contributed by atoms with Gasteiger partial charge in [0.05, 0.1) is 12.2 Å². The number of esters is 1. The molecule has 23 heavy (non-hydrogen) atoms. The molecular weight excluding hydrogens is 304 g/mol. The molecule has 3 N–H and O–H groups in total. The minimum Gasteiger partial charge on any atom is -0.453 e. The van der Waals surface area contributed by atoms with Crippen LogP contribution in [0, 0.1) is 12.3 Å². The number of carbonyl (C=O) groups excluding carboxylic acids is 1. The molecular formula is C16H18O7. The van der Waals surface area contributed by atoms with E-state index < -0.39 is 43.3 Å². The van der Waals surface area contributed by atoms with Crippen LogP contribution in [0.15, 0.2) is 24.3 Å². The number of methoxy groups -OCH3 is 1. The highest BCUT2D eigenvalue weighted by molar-refractivity contribution is 5.89. The van der Waals surface area contributed by atoms with Crippen molar-refractivity contribution in [3.05, 3.63) is 35.4 Å². The zero-order chi connectivity index (χ0) is 17.0. The van der Waals surface area contributed by atoms with Gasteiger partial charge < -0.3 is 29.5 Å². The van der Waals surface area contributed by atoms with Crippen LogP contribution >= 0.6 is 0 Å². The molecule has 0 spiro atoms. The first kappa shape index (κ1) is 17.4. The van der Waals surface area contributed by atoms with Gasteiger partial charge in [0.25, 0.3) is 0 Å². The molecule has 0 bridgehead atoms. The second-order valence-electron chi connectivity index (χ2n) is 5.03. The Kier molecular flexibility index (Phi) is 5.71. The van der Waals surface area contributed by atoms with E-state index in [4.69, 9.17) is 20.6 Å². The third-order valence-corrected chi connectivity index (χ3v) is 3.58. The van der Waals surface area contributed by atoms with E-state index in [1.807, 2.05) is 0 Å². The molecule has 0 radical (unpaired) electrons. The molecule has 1 aromatic carbocycles. The van der Waals surface area contributed by atoms with Crippen LogP contribution in [0.2, 0.25) is 0 Å². The lowest BCUT2D eigenvalue weighted by Crippen LogP contribution is -2.60. The highest BCUT2D eigenvalue weighted by Gasteiger charge is 2.46. The van der Waals surface area contributed by atoms with Gasteiger partial charge in [-0.15, -0.1) is 6.42 Å². The molecule has 1 aliphatic heterocycles. The van der Waals surface area contributed by atoms with Crippen LogP contribution < -0.4 is 0 Å². The first-order valence-corrected chi connectivity index (χ1v) is 6.94. The van der Waals surface area contributed by atoms with Crippen molar-refractivity contribution in [3.8, 4) is 12.3 Å². The van der Waals surface area contributed by atoms with Crippen LogP contribution in [0.5, 0.6) is 0 Å². The summed E-state index contributed by atoms with van der Waals surface area (Å²) in [5.74, 6) is 1.68. The molecule has 5 atom stereocenters. The van der Waals surface area contributed by atoms with E-state index in [1.54, 1.807) is 12.1 Å². The number of ether oxygens (including phenoxy) is 3. The summed E-state index contributed by atoms with van der Waals surface area (Å²) in [6.45, 7) is -0.515. The van der Waals surface area contributed by atoms with E-state index in [1.165, 1.54) is 19.2 Å². The number of hydrogen-bond donors (Lipinski definition) is 3. The van der Waals surface area contributed by atoms with Gasteiger partial charge in [0.1, 0.15) is 18.3 Å². The smallest absolute Gasteiger partial charge is 0.338 e. The summed E-state index contributed by atoms with van der Waals surface area (Å²) in [7, 11) is 1.29. The summed E-state index contributed by atoms with van der Waals surface area (Å²) in [6.07, 6.45) is -1.02. The predicted octanol–water partition coefficient (Wildman–Crippen LogP) is -0.721. The second-order valence-corrected chi connectivity index (χ2v) is 5.03. The average molecular weight is 322 g/mol. The Morgan fingerprint density at radius 3 is 2.48 bits per heavy atom. The zero-order valence-corrected chi connectivity index (χ0v) is 12.5. The summed E-state index contributed by atoms with van der Waals surface area (Å²) in [5.41, 5.74) is 0.817. The van der Waals surface area contributed by atoms with Crippen LogP contribution in [-0.4, -0.2) is 65.7 Å². The van der Waals surface area contributed by atoms with E-state index in [-0.39, 0.29) is 5.56 Å². The Labute approximate surface area is 133 Å². The van der Waals surface area contributed by atoms with Gasteiger partial charge in [-0.25, -0.2) is 4.79 Å². The standard InChI is InChI=1S/C16H18O7/c1-3-9-4-6-10(7-5-9)15(20)23-14-12(18)11(8-17)22-16(21-2)13(14)19/h1,4-7,11-14,16-19H,8H2,2H3/t11-,12-,13-,14+,16+/m1/s1. The molecule has 0 unspecified atom stereocenters. The lowest BCUT2D eigenvalue weighted by molar-refractivity contribution is -0.293. The summed E-state index contributed by atoms with van der Waals surface area (Å²) in [4.78, 5) is 12.2. The Hall–Kier alpha value is -1.95. The topological polar surface area (TPSA) is 105 Å². The van der Waals surface area contributed by atoms with Gasteiger partial charge in [-0.3, -0.25) is 0 Å². The molecule has 7 heteroatoms. The van der Waals surface area contributed by atoms with Gasteiger partial charge in [-0.2, -0.15) is 0 Å². The molecule has 1 aliphatic rings. The van der Waals surface area contributed by atoms with Gasteiger partial charge in [0.15, 0.2) is 12.4 Å². The molecule has 7 nitrogen and oxygen atoms in total. The number of benzene rings is 1. The predicted molar refractivity (Wildman–Crippen MR) is 78.3 cm³/mol. The fourth-order valence-electron chi connectivity index (χ4n) is 2.28. The van der Waals surface area contributed by atoms with E-state index in [0.29, 0.717) is 5.56 Å². The minimum atomic E-state index is -1.40. The molecule has 0 aromatic heterocycles. The number of aliphatic hydroxyl groups excluding tert-OH is 3. The molecule has 1 heterocycles. The summed E-state index contributed by atoms with van der Waals surface area (Å²) in [5, 5.41) is 29.4. The van der Waals surface area contributed by atoms with Crippen molar-refractivity contribution in [1.29, 1.82) is 0 Å². The second kappa shape index (κ2) is 7.55. The quantitative estimate of drug-likeness (QED) is 0.496. The van der Waals surface area contributed by atoms with Gasteiger partial charge >= 0.3 is 5.97 Å². The largest absolute Gasteiger partial charge is 0.453 e. The Morgan fingerprint density at radius 1 is 1.30 bits per heavy atom. The van der Waals surface area contributed by atoms with Crippen molar-refractivity contribution in [1.82, 2.24) is 0 Å². The van der Waals surface area contributed by atoms with Crippen LogP contribution in [0.1, 0.15) is 15.9 Å². The molecule has 0 amide bonds. The van der Waals surface area contributed by atoms with Crippen LogP contribution in [-0.2, 0) is 14.2 Å². The molecule has 0 aliphatic carbocycles. The molecule has 1 saturated heterocycles. The van der Waals surface area contributed by atoms with Crippen molar-refractivity contribution < 1.29 is 34.3 Å². The van der Waals surface area contributed by atoms with Gasteiger partial charge in [0, 0.05) is 12.7 Å². The first-order chi connectivity index (χ1) is 11.0. The van der Waals surface area contributed by atoms with E-state index in [0.717, 1.165) is 0 Å². The number of hydrogen-bond acceptors (Lipinski definition) is 7. The maximum Gasteiger partial charge on any atom is 0.338 e. The summed E-state index contributed by atoms with van der Waals surface area (Å²) < 4.78 is 15.3. The Bertz CT molecular complexity index is 561. The highest BCUT2D eigenvalue weighted by Crippen LogP contribution is 2.24. The lowest BCUT2D eigenvalue weighted by atomic mass is 9.99. The Balaban J connectivity index is 2.14. The van der Waals surface area contributed by atoms with Crippen molar-refractivity contribution in [3.63, 3.8) is 0 Å². The fraction of sp³-hybridized carbons (Fsp3) is 0.438. The van der Waals surface area contributed by atoms with E-state index >= 15 is 0 Å². The SMILES string of the molecule is C#Cc1ccc(C(=O)O[C@@H]2[C@@H](O)[C@@H](OC)O[C@H](CO)[C@H]2O)cc1. The summed E-state index contributed by atoms with van der Waals surface area (Å²) >= 11 is 0. The Morgan fingerprint density at radius 2 is 1.96 bits per heavy atom. The van der Waals surface area contributed by atoms with Crippen molar-refractivity contribution in [2.24, 2.45) is 0 Å². The van der Waals surface area contributed by atoms with Crippen molar-refractivity contribution >= 4 is 5.97 Å². The van der Waals surface area contributed by atoms with Gasteiger partial charge in [-0.05, 0) is 24.3 Å². The monoisotopic (exact) mass is 322 g/mol. The molecule has 1 aromatic rings. The van der Waals surface area contributed by atoms with Crippen LogP contribution in [0.25, 0.3) is 0 Å². The first-order valence-electron chi connectivity index (χ1n) is 6.94. The third-order valence-electron chi connectivity index (χ3n) is 3.58. The van der Waals surface area contributed by atoms with E-state index in [2.05, 4.69) is 5.92 Å². The fourth-order valence-corrected chi connectivity index (χ4v) is 2.28. The number of terminal acetylenes is 1. The molecule has 1 fully saturated rings. The maximum absolute atomic E-state index is 12.2. The van der Waals surface area contributed by atoms with Gasteiger partial charge in [-0.1, -0.05) is 5.92 Å². The third kappa shape index (κ3) is 3.69. The van der Waals surface area contributed by atoms with Crippen LogP contribution in [0.4, 0.5) is 0 Å². The van der Waals surface area contributed by atoms with E-state index in [9.17, 15) is 20.1 Å². The number of carbonyl (C=O) groups is 1. The van der Waals surface area contributed by atoms with Crippen molar-refractivity contribution in [2.45, 2.75) is 30.7 Å².